The zero-order valence-corrected chi connectivity index (χ0v) is 19.2. The molecule has 1 atom stereocenters. The third-order valence-electron chi connectivity index (χ3n) is 3.97. The summed E-state index contributed by atoms with van der Waals surface area (Å²) in [7, 11) is 1.40. The van der Waals surface area contributed by atoms with Gasteiger partial charge in [-0.3, -0.25) is 14.4 Å². The first-order chi connectivity index (χ1) is 13.9. The summed E-state index contributed by atoms with van der Waals surface area (Å²) in [5.74, 6) is -2.54. The zero-order valence-electron chi connectivity index (χ0n) is 19.2. The molecular weight excluding hydrogens is 390 g/mol. The first kappa shape index (κ1) is 27.6. The molecule has 0 aromatic heterocycles. The Morgan fingerprint density at radius 2 is 1.63 bits per heavy atom. The predicted molar refractivity (Wildman–Crippen MR) is 113 cm³/mol. The molecule has 0 rings (SSSR count). The Balaban J connectivity index is 4.42. The average Bonchev–Trinajstić information content (AvgIpc) is 2.62. The van der Waals surface area contributed by atoms with Gasteiger partial charge in [0.1, 0.15) is 18.2 Å². The van der Waals surface area contributed by atoms with Gasteiger partial charge in [-0.05, 0) is 33.6 Å². The minimum atomic E-state index is -0.855. The Labute approximate surface area is 179 Å². The van der Waals surface area contributed by atoms with Crippen LogP contribution >= 0.6 is 0 Å². The van der Waals surface area contributed by atoms with Crippen molar-refractivity contribution in [2.24, 2.45) is 0 Å². The summed E-state index contributed by atoms with van der Waals surface area (Å²) in [6, 6.07) is 0. The monoisotopic (exact) mass is 427 g/mol. The molecule has 0 saturated carbocycles. The highest BCUT2D eigenvalue weighted by atomic mass is 16.6. The number of rotatable bonds is 13. The molecule has 8 heteroatoms. The number of unbranched alkanes of at least 4 members (excludes halogenated alkanes) is 1. The van der Waals surface area contributed by atoms with E-state index < -0.39 is 36.0 Å². The van der Waals surface area contributed by atoms with Crippen molar-refractivity contribution in [3.63, 3.8) is 0 Å². The predicted octanol–water partition coefficient (Wildman–Crippen LogP) is 3.18. The van der Waals surface area contributed by atoms with Crippen LogP contribution in [0.2, 0.25) is 0 Å². The van der Waals surface area contributed by atoms with Crippen LogP contribution in [-0.2, 0) is 33.4 Å². The van der Waals surface area contributed by atoms with E-state index in [9.17, 15) is 19.2 Å². The van der Waals surface area contributed by atoms with E-state index in [2.05, 4.69) is 13.5 Å². The number of likely N-dealkylation sites (N-methyl/N-ethyl adjacent to an activating group) is 1. The van der Waals surface area contributed by atoms with Gasteiger partial charge in [0.05, 0.1) is 6.42 Å². The molecule has 0 aliphatic heterocycles. The quantitative estimate of drug-likeness (QED) is 0.253. The number of amides is 1. The topological polar surface area (TPSA) is 99.2 Å². The van der Waals surface area contributed by atoms with Gasteiger partial charge in [-0.15, -0.1) is 0 Å². The van der Waals surface area contributed by atoms with E-state index in [1.807, 2.05) is 6.92 Å². The molecule has 0 N–H and O–H groups in total. The van der Waals surface area contributed by atoms with Gasteiger partial charge in [0.2, 0.25) is 0 Å². The highest BCUT2D eigenvalue weighted by Gasteiger charge is 2.22. The summed E-state index contributed by atoms with van der Waals surface area (Å²) in [5.41, 5.74) is -0.750. The third kappa shape index (κ3) is 13.0. The molecule has 0 aromatic carbocycles. The van der Waals surface area contributed by atoms with Gasteiger partial charge in [-0.1, -0.05) is 39.7 Å². The van der Waals surface area contributed by atoms with Gasteiger partial charge < -0.3 is 19.1 Å². The van der Waals surface area contributed by atoms with Crippen molar-refractivity contribution in [1.82, 2.24) is 4.90 Å². The SMILES string of the molecule is C=C(CC(=O)OC(CCC)CCCC)C(=O)OCC(=O)N(C)CC(=O)OC(C)(C)C. The van der Waals surface area contributed by atoms with Crippen molar-refractivity contribution in [2.75, 3.05) is 20.2 Å². The molecule has 0 saturated heterocycles. The number of hydrogen-bond acceptors (Lipinski definition) is 7. The Hall–Kier alpha value is -2.38. The van der Waals surface area contributed by atoms with Gasteiger partial charge in [0.25, 0.3) is 5.91 Å². The molecule has 0 heterocycles. The van der Waals surface area contributed by atoms with Crippen molar-refractivity contribution in [2.45, 2.75) is 84.8 Å². The van der Waals surface area contributed by atoms with Gasteiger partial charge in [0, 0.05) is 12.6 Å². The molecule has 1 amide bonds. The van der Waals surface area contributed by atoms with Gasteiger partial charge in [-0.25, -0.2) is 4.79 Å². The van der Waals surface area contributed by atoms with Crippen LogP contribution < -0.4 is 0 Å². The molecule has 0 aliphatic rings. The Morgan fingerprint density at radius 3 is 2.17 bits per heavy atom. The maximum absolute atomic E-state index is 12.1. The Morgan fingerprint density at radius 1 is 1.00 bits per heavy atom. The van der Waals surface area contributed by atoms with E-state index >= 15 is 0 Å². The van der Waals surface area contributed by atoms with Crippen LogP contribution in [0.5, 0.6) is 0 Å². The summed E-state index contributed by atoms with van der Waals surface area (Å²) >= 11 is 0. The molecule has 172 valence electrons. The lowest BCUT2D eigenvalue weighted by molar-refractivity contribution is -0.160. The third-order valence-corrected chi connectivity index (χ3v) is 3.97. The number of carbonyl (C=O) groups excluding carboxylic acids is 4. The van der Waals surface area contributed by atoms with Crippen LogP contribution in [0.25, 0.3) is 0 Å². The fraction of sp³-hybridized carbons (Fsp3) is 0.727. The standard InChI is InChI=1S/C22H37NO7/c1-8-10-12-17(11-9-2)29-19(25)13-16(3)21(27)28-15-18(24)23(7)14-20(26)30-22(4,5)6/h17H,3,8-15H2,1-2,4-7H3. The van der Waals surface area contributed by atoms with E-state index in [1.165, 1.54) is 7.05 Å². The summed E-state index contributed by atoms with van der Waals surface area (Å²) in [5, 5.41) is 0. The van der Waals surface area contributed by atoms with Crippen LogP contribution in [0, 0.1) is 0 Å². The fourth-order valence-electron chi connectivity index (χ4n) is 2.49. The minimum Gasteiger partial charge on any atom is -0.462 e. The van der Waals surface area contributed by atoms with E-state index in [4.69, 9.17) is 14.2 Å². The van der Waals surface area contributed by atoms with Crippen LogP contribution in [-0.4, -0.2) is 60.6 Å². The van der Waals surface area contributed by atoms with Crippen molar-refractivity contribution in [3.05, 3.63) is 12.2 Å². The normalized spacial score (nSPS) is 11.9. The second-order valence-electron chi connectivity index (χ2n) is 8.24. The van der Waals surface area contributed by atoms with Gasteiger partial charge >= 0.3 is 17.9 Å². The lowest BCUT2D eigenvalue weighted by Gasteiger charge is -2.22. The van der Waals surface area contributed by atoms with E-state index in [0.717, 1.165) is 37.0 Å². The van der Waals surface area contributed by atoms with Crippen molar-refractivity contribution < 1.29 is 33.4 Å². The fourth-order valence-corrected chi connectivity index (χ4v) is 2.49. The lowest BCUT2D eigenvalue weighted by atomic mass is 10.1. The zero-order chi connectivity index (χ0) is 23.3. The molecule has 0 radical (unpaired) electrons. The summed E-state index contributed by atoms with van der Waals surface area (Å²) < 4.78 is 15.5. The number of esters is 3. The smallest absolute Gasteiger partial charge is 0.334 e. The number of hydrogen-bond donors (Lipinski definition) is 0. The molecule has 30 heavy (non-hydrogen) atoms. The highest BCUT2D eigenvalue weighted by molar-refractivity contribution is 5.94. The van der Waals surface area contributed by atoms with Crippen molar-refractivity contribution in [3.8, 4) is 0 Å². The maximum atomic E-state index is 12.1. The average molecular weight is 428 g/mol. The molecule has 0 aliphatic carbocycles. The minimum absolute atomic E-state index is 0.0895. The van der Waals surface area contributed by atoms with Crippen LogP contribution in [0.3, 0.4) is 0 Å². The molecule has 8 nitrogen and oxygen atoms in total. The molecule has 0 fully saturated rings. The van der Waals surface area contributed by atoms with Gasteiger partial charge in [0.15, 0.2) is 6.61 Å². The Bertz CT molecular complexity index is 607. The van der Waals surface area contributed by atoms with Crippen LogP contribution in [0.1, 0.15) is 73.1 Å². The number of nitrogens with zero attached hydrogens (tertiary/aromatic N) is 1. The van der Waals surface area contributed by atoms with Gasteiger partial charge in [-0.2, -0.15) is 0 Å². The summed E-state index contributed by atoms with van der Waals surface area (Å²) in [6.07, 6.45) is 3.94. The maximum Gasteiger partial charge on any atom is 0.334 e. The lowest BCUT2D eigenvalue weighted by Crippen LogP contribution is -2.38. The van der Waals surface area contributed by atoms with Crippen LogP contribution in [0.15, 0.2) is 12.2 Å². The molecule has 0 aromatic rings. The second-order valence-corrected chi connectivity index (χ2v) is 8.24. The second kappa shape index (κ2) is 13.8. The number of carbonyl (C=O) groups is 4. The van der Waals surface area contributed by atoms with E-state index in [1.54, 1.807) is 20.8 Å². The Kier molecular flexibility index (Phi) is 12.7. The molecular formula is C22H37NO7. The van der Waals surface area contributed by atoms with Crippen LogP contribution in [0.4, 0.5) is 0 Å². The molecule has 0 bridgehead atoms. The summed E-state index contributed by atoms with van der Waals surface area (Å²) in [6.45, 7) is 12.0. The number of ether oxygens (including phenoxy) is 3. The largest absolute Gasteiger partial charge is 0.462 e. The first-order valence-electron chi connectivity index (χ1n) is 10.4. The molecule has 1 unspecified atom stereocenters. The van der Waals surface area contributed by atoms with Crippen molar-refractivity contribution >= 4 is 23.8 Å². The van der Waals surface area contributed by atoms with E-state index in [0.29, 0.717) is 0 Å². The molecule has 0 spiro atoms. The van der Waals surface area contributed by atoms with Crippen molar-refractivity contribution in [1.29, 1.82) is 0 Å². The summed E-state index contributed by atoms with van der Waals surface area (Å²) in [4.78, 5) is 49.0. The highest BCUT2D eigenvalue weighted by Crippen LogP contribution is 2.14. The van der Waals surface area contributed by atoms with E-state index in [-0.39, 0.29) is 24.6 Å². The first-order valence-corrected chi connectivity index (χ1v) is 10.4.